The number of likely N-dealkylation sites (tertiary alicyclic amines) is 1. The number of ether oxygens (including phenoxy) is 1. The lowest BCUT2D eigenvalue weighted by Gasteiger charge is -2.40. The van der Waals surface area contributed by atoms with Crippen LogP contribution in [0.3, 0.4) is 0 Å². The smallest absolute Gasteiger partial charge is 0.309 e. The number of thiazole rings is 1. The van der Waals surface area contributed by atoms with Gasteiger partial charge in [-0.3, -0.25) is 28.9 Å². The summed E-state index contributed by atoms with van der Waals surface area (Å²) in [5, 5.41) is 26.9. The second kappa shape index (κ2) is 25.1. The summed E-state index contributed by atoms with van der Waals surface area (Å²) in [6.07, 6.45) is 7.07. The van der Waals surface area contributed by atoms with Gasteiger partial charge in [0.2, 0.25) is 11.8 Å². The number of rotatable bonds is 25. The molecule has 1 aliphatic rings. The molecule has 2 aromatic carbocycles. The lowest BCUT2D eigenvalue weighted by atomic mass is 9.84. The van der Waals surface area contributed by atoms with E-state index in [1.54, 1.807) is 31.4 Å². The quantitative estimate of drug-likeness (QED) is 0.0298. The molecule has 3 heterocycles. The highest BCUT2D eigenvalue weighted by Crippen LogP contribution is 2.33. The average Bonchev–Trinajstić information content (AvgIpc) is 3.98. The molecule has 17 heteroatoms. The SMILES string of the molecule is CC[C@H](C)[C@H](NC(=O)[C@H]1CCCCN1C)C(=O)N(CCCCc1cn(Cc2ccccc2)nn1)[C@H](C[C@@H](OC(C)=O)c1nc(C(=O)N[C@@H](Cc2ccc(N)cc2)CC(C)(C)C(=O)O)cs1)C(C)C. The molecule has 2 aromatic heterocycles. The first-order valence-electron chi connectivity index (χ1n) is 24.1. The first-order chi connectivity index (χ1) is 32.3. The van der Waals surface area contributed by atoms with Gasteiger partial charge in [-0.05, 0) is 107 Å². The third kappa shape index (κ3) is 15.4. The number of aliphatic carboxylic acids is 1. The Labute approximate surface area is 405 Å². The van der Waals surface area contributed by atoms with E-state index < -0.39 is 47.5 Å². The molecule has 0 radical (unpaired) electrons. The molecule has 0 unspecified atom stereocenters. The van der Waals surface area contributed by atoms with Gasteiger partial charge in [-0.15, -0.1) is 16.4 Å². The summed E-state index contributed by atoms with van der Waals surface area (Å²) >= 11 is 1.18. The number of nitrogens with two attached hydrogens (primary N) is 1. The predicted molar refractivity (Wildman–Crippen MR) is 264 cm³/mol. The summed E-state index contributed by atoms with van der Waals surface area (Å²) in [6.45, 7) is 14.4. The van der Waals surface area contributed by atoms with Gasteiger partial charge < -0.3 is 31.1 Å². The summed E-state index contributed by atoms with van der Waals surface area (Å²) < 4.78 is 7.81. The Balaban J connectivity index is 1.40. The van der Waals surface area contributed by atoms with Crippen LogP contribution in [0.25, 0.3) is 0 Å². The topological polar surface area (TPSA) is 215 Å². The van der Waals surface area contributed by atoms with Gasteiger partial charge in [-0.1, -0.05) is 88.2 Å². The monoisotopic (exact) mass is 956 g/mol. The first kappa shape index (κ1) is 53.3. The van der Waals surface area contributed by atoms with Crippen LogP contribution < -0.4 is 16.4 Å². The second-order valence-electron chi connectivity index (χ2n) is 19.5. The van der Waals surface area contributed by atoms with Crippen LogP contribution in [0, 0.1) is 17.3 Å². The number of nitrogen functional groups attached to an aromatic ring is 1. The zero-order valence-corrected chi connectivity index (χ0v) is 42.0. The molecule has 16 nitrogen and oxygen atoms in total. The fourth-order valence-corrected chi connectivity index (χ4v) is 9.68. The van der Waals surface area contributed by atoms with Gasteiger partial charge >= 0.3 is 11.9 Å². The van der Waals surface area contributed by atoms with Crippen molar-refractivity contribution in [2.75, 3.05) is 25.9 Å². The third-order valence-electron chi connectivity index (χ3n) is 13.1. The first-order valence-corrected chi connectivity index (χ1v) is 25.0. The lowest BCUT2D eigenvalue weighted by molar-refractivity contribution is -0.150. The van der Waals surface area contributed by atoms with Crippen molar-refractivity contribution in [3.8, 4) is 0 Å². The van der Waals surface area contributed by atoms with Crippen LogP contribution in [0.15, 0.2) is 66.2 Å². The fourth-order valence-electron chi connectivity index (χ4n) is 8.84. The van der Waals surface area contributed by atoms with Crippen molar-refractivity contribution in [3.63, 3.8) is 0 Å². The number of aryl methyl sites for hydroxylation is 1. The summed E-state index contributed by atoms with van der Waals surface area (Å²) in [4.78, 5) is 76.7. The Bertz CT molecular complexity index is 2260. The van der Waals surface area contributed by atoms with Crippen LogP contribution >= 0.6 is 11.3 Å². The van der Waals surface area contributed by atoms with E-state index >= 15 is 4.79 Å². The molecule has 4 aromatic rings. The van der Waals surface area contributed by atoms with Crippen LogP contribution in [0.2, 0.25) is 0 Å². The minimum Gasteiger partial charge on any atom is -0.481 e. The van der Waals surface area contributed by atoms with Gasteiger partial charge in [0.15, 0.2) is 6.10 Å². The maximum atomic E-state index is 15.2. The number of aromatic nitrogens is 4. The summed E-state index contributed by atoms with van der Waals surface area (Å²) in [7, 11) is 1.95. The number of esters is 1. The number of amides is 3. The summed E-state index contributed by atoms with van der Waals surface area (Å²) in [5.41, 5.74) is 8.30. The van der Waals surface area contributed by atoms with Gasteiger partial charge in [0.25, 0.3) is 5.91 Å². The van der Waals surface area contributed by atoms with E-state index in [1.807, 2.05) is 93.0 Å². The largest absolute Gasteiger partial charge is 0.481 e. The van der Waals surface area contributed by atoms with Crippen LogP contribution in [0.1, 0.15) is 138 Å². The van der Waals surface area contributed by atoms with Gasteiger partial charge in [-0.2, -0.15) is 0 Å². The van der Waals surface area contributed by atoms with Crippen LogP contribution in [0.4, 0.5) is 5.69 Å². The number of carboxylic acids is 1. The van der Waals surface area contributed by atoms with E-state index in [4.69, 9.17) is 15.5 Å². The maximum Gasteiger partial charge on any atom is 0.309 e. The van der Waals surface area contributed by atoms with Crippen molar-refractivity contribution in [2.24, 2.45) is 17.3 Å². The molecule has 6 atom stereocenters. The lowest BCUT2D eigenvalue weighted by Crippen LogP contribution is -2.59. The van der Waals surface area contributed by atoms with Crippen LogP contribution in [0.5, 0.6) is 0 Å². The summed E-state index contributed by atoms with van der Waals surface area (Å²) in [6, 6.07) is 15.1. The fraction of sp³-hybridized carbons (Fsp3) is 0.569. The molecule has 1 saturated heterocycles. The highest BCUT2D eigenvalue weighted by atomic mass is 32.1. The predicted octanol–water partition coefficient (Wildman–Crippen LogP) is 7.09. The maximum absolute atomic E-state index is 15.2. The second-order valence-corrected chi connectivity index (χ2v) is 20.4. The number of piperidine rings is 1. The van der Waals surface area contributed by atoms with Gasteiger partial charge in [0, 0.05) is 49.2 Å². The van der Waals surface area contributed by atoms with Crippen molar-refractivity contribution >= 4 is 46.7 Å². The Kier molecular flexibility index (Phi) is 19.6. The number of hydrogen-bond donors (Lipinski definition) is 4. The van der Waals surface area contributed by atoms with Crippen molar-refractivity contribution in [1.29, 1.82) is 0 Å². The number of nitrogens with one attached hydrogen (secondary N) is 2. The number of hydrogen-bond acceptors (Lipinski definition) is 12. The molecule has 68 heavy (non-hydrogen) atoms. The number of carboxylic acid groups (broad SMARTS) is 1. The number of benzene rings is 2. The highest BCUT2D eigenvalue weighted by molar-refractivity contribution is 7.09. The molecule has 370 valence electrons. The molecule has 3 amide bonds. The summed E-state index contributed by atoms with van der Waals surface area (Å²) in [5.74, 6) is -2.68. The Hall–Kier alpha value is -5.68. The number of carbonyl (C=O) groups excluding carboxylic acids is 4. The van der Waals surface area contributed by atoms with Crippen LogP contribution in [-0.4, -0.2) is 109 Å². The molecule has 0 saturated carbocycles. The normalized spacial score (nSPS) is 16.6. The zero-order chi connectivity index (χ0) is 49.5. The van der Waals surface area contributed by atoms with E-state index in [9.17, 15) is 24.3 Å². The molecule has 1 aliphatic heterocycles. The zero-order valence-electron chi connectivity index (χ0n) is 41.2. The average molecular weight is 956 g/mol. The molecule has 5 N–H and O–H groups in total. The standard InChI is InChI=1S/C51H73N9O7S/c1-9-34(4)45(55-47(63)42-20-14-15-25-58(42)8)49(64)60(26-16-13-19-39-31-59(57-56-39)30-37-17-11-10-12-18-37)43(33(2)3)28-44(67-35(5)61)48-54-41(32-68-48)46(62)53-40(29-51(6,7)50(65)66)27-36-21-23-38(52)24-22-36/h10-12,17-18,21-24,31-34,40,42-45H,9,13-16,19-20,25-30,52H2,1-8H3,(H,53,62)(H,55,63)(H,65,66)/t34-,40-,42+,43+,44+,45-/m0/s1. The highest BCUT2D eigenvalue weighted by Gasteiger charge is 2.39. The van der Waals surface area contributed by atoms with E-state index in [2.05, 4.69) is 25.8 Å². The molecular formula is C51H73N9O7S. The molecule has 0 aliphatic carbocycles. The minimum absolute atomic E-state index is 0.0968. The van der Waals surface area contributed by atoms with E-state index in [-0.39, 0.29) is 48.2 Å². The van der Waals surface area contributed by atoms with E-state index in [0.717, 1.165) is 42.6 Å². The van der Waals surface area contributed by atoms with Gasteiger partial charge in [0.05, 0.1) is 23.7 Å². The molecule has 0 bridgehead atoms. The van der Waals surface area contributed by atoms with E-state index in [0.29, 0.717) is 55.9 Å². The number of unbranched alkanes of at least 4 members (excludes halogenated alkanes) is 1. The third-order valence-corrected chi connectivity index (χ3v) is 14.0. The number of carbonyl (C=O) groups is 5. The molecular weight excluding hydrogens is 883 g/mol. The molecule has 5 rings (SSSR count). The van der Waals surface area contributed by atoms with Gasteiger partial charge in [0.1, 0.15) is 16.7 Å². The number of likely N-dealkylation sites (N-methyl/N-ethyl adjacent to an activating group) is 1. The van der Waals surface area contributed by atoms with Crippen molar-refractivity contribution < 1.29 is 33.8 Å². The van der Waals surface area contributed by atoms with Crippen molar-refractivity contribution in [3.05, 3.63) is 93.7 Å². The van der Waals surface area contributed by atoms with Crippen LogP contribution in [-0.2, 0) is 43.3 Å². The van der Waals surface area contributed by atoms with Crippen molar-refractivity contribution in [1.82, 2.24) is 40.4 Å². The Morgan fingerprint density at radius 1 is 1.00 bits per heavy atom. The Morgan fingerprint density at radius 2 is 1.72 bits per heavy atom. The van der Waals surface area contributed by atoms with Gasteiger partial charge in [-0.25, -0.2) is 9.67 Å². The minimum atomic E-state index is -1.14. The number of anilines is 1. The van der Waals surface area contributed by atoms with E-state index in [1.165, 1.54) is 18.3 Å². The molecule has 1 fully saturated rings. The Morgan fingerprint density at radius 3 is 2.37 bits per heavy atom. The molecule has 0 spiro atoms. The number of nitrogens with zero attached hydrogens (tertiary/aromatic N) is 6. The van der Waals surface area contributed by atoms with Crippen molar-refractivity contribution in [2.45, 2.75) is 149 Å².